The van der Waals surface area contributed by atoms with Crippen LogP contribution in [0.25, 0.3) is 11.1 Å². The van der Waals surface area contributed by atoms with Gasteiger partial charge in [0.2, 0.25) is 5.91 Å². The molecule has 1 saturated carbocycles. The van der Waals surface area contributed by atoms with Crippen molar-refractivity contribution in [3.63, 3.8) is 0 Å². The molecule has 3 N–H and O–H groups in total. The molecule has 0 unspecified atom stereocenters. The number of hydrogen-bond acceptors (Lipinski definition) is 4. The number of benzene rings is 1. The van der Waals surface area contributed by atoms with Crippen LogP contribution in [-0.2, 0) is 17.9 Å². The van der Waals surface area contributed by atoms with Gasteiger partial charge in [-0.05, 0) is 61.1 Å². The summed E-state index contributed by atoms with van der Waals surface area (Å²) in [6, 6.07) is 12.6. The van der Waals surface area contributed by atoms with E-state index in [0.717, 1.165) is 72.4 Å². The van der Waals surface area contributed by atoms with Crippen molar-refractivity contribution in [3.8, 4) is 11.1 Å². The number of aromatic nitrogens is 2. The Bertz CT molecular complexity index is 1310. The second kappa shape index (κ2) is 11.4. The maximum atomic E-state index is 13.6. The molecule has 3 aromatic rings. The average Bonchev–Trinajstić information content (AvgIpc) is 3.17. The molecule has 1 aliphatic heterocycles. The Hall–Kier alpha value is -3.65. The summed E-state index contributed by atoms with van der Waals surface area (Å²) in [7, 11) is 0. The minimum absolute atomic E-state index is 0.0975. The summed E-state index contributed by atoms with van der Waals surface area (Å²) in [4.78, 5) is 27.0. The molecule has 1 aromatic carbocycles. The van der Waals surface area contributed by atoms with Crippen LogP contribution in [0.5, 0.6) is 0 Å². The number of nitrogens with zero attached hydrogens (tertiary/aromatic N) is 2. The third-order valence-electron chi connectivity index (χ3n) is 8.05. The third kappa shape index (κ3) is 5.45. The van der Waals surface area contributed by atoms with Gasteiger partial charge in [-0.25, -0.2) is 0 Å². The van der Waals surface area contributed by atoms with Gasteiger partial charge in [-0.3, -0.25) is 9.59 Å². The second-order valence-electron chi connectivity index (χ2n) is 10.6. The van der Waals surface area contributed by atoms with Gasteiger partial charge in [0.05, 0.1) is 5.56 Å². The van der Waals surface area contributed by atoms with Gasteiger partial charge in [0, 0.05) is 44.0 Å². The largest absolute Gasteiger partial charge is 0.618 e. The number of carbonyl (C=O) groups is 2. The van der Waals surface area contributed by atoms with Crippen LogP contribution in [0, 0.1) is 25.0 Å². The van der Waals surface area contributed by atoms with Crippen LogP contribution in [0.2, 0.25) is 0 Å². The lowest BCUT2D eigenvalue weighted by molar-refractivity contribution is -0.611. The molecule has 1 aliphatic carbocycles. The highest BCUT2D eigenvalue weighted by molar-refractivity contribution is 6.01. The normalized spacial score (nSPS) is 16.8. The van der Waals surface area contributed by atoms with E-state index in [1.165, 1.54) is 19.0 Å². The SMILES string of the molecule is Cc1cc[n+]([O-])c(C)c1-c1ccc(NC(=O)[C@@H](NC(=O)c2ccc3n2CCNC3)C2CCCCCC2)cc1. The Balaban J connectivity index is 1.35. The fourth-order valence-electron chi connectivity index (χ4n) is 5.94. The standard InChI is InChI=1S/C30H37N5O3/c1-20-15-17-35(38)21(2)27(20)22-9-11-24(12-10-22)32-30(37)28(23-7-5-3-4-6-8-23)33-29(36)26-14-13-25-19-31-16-18-34(25)26/h9-15,17,23,28,31H,3-8,16,18-19H2,1-2H3,(H,32,37)(H,33,36)/t28-/m0/s1. The highest BCUT2D eigenvalue weighted by Crippen LogP contribution is 2.29. The van der Waals surface area contributed by atoms with E-state index in [0.29, 0.717) is 17.1 Å². The number of nitrogens with one attached hydrogen (secondary N) is 3. The van der Waals surface area contributed by atoms with Crippen LogP contribution in [0.1, 0.15) is 66.0 Å². The maximum absolute atomic E-state index is 13.6. The Kier molecular flexibility index (Phi) is 7.79. The van der Waals surface area contributed by atoms with Crippen LogP contribution in [0.15, 0.2) is 48.7 Å². The molecule has 2 aromatic heterocycles. The Morgan fingerprint density at radius 1 is 1.03 bits per heavy atom. The van der Waals surface area contributed by atoms with Crippen LogP contribution in [0.4, 0.5) is 5.69 Å². The zero-order valence-electron chi connectivity index (χ0n) is 22.3. The van der Waals surface area contributed by atoms with Crippen molar-refractivity contribution >= 4 is 17.5 Å². The summed E-state index contributed by atoms with van der Waals surface area (Å²) in [5, 5.41) is 21.6. The first-order valence-electron chi connectivity index (χ1n) is 13.7. The van der Waals surface area contributed by atoms with E-state index in [-0.39, 0.29) is 17.7 Å². The molecule has 2 aliphatic rings. The van der Waals surface area contributed by atoms with Gasteiger partial charge in [0.25, 0.3) is 5.91 Å². The topological polar surface area (TPSA) is 102 Å². The predicted octanol–water partition coefficient (Wildman–Crippen LogP) is 4.22. The van der Waals surface area contributed by atoms with Gasteiger partial charge in [-0.15, -0.1) is 0 Å². The first-order valence-corrected chi connectivity index (χ1v) is 13.7. The Labute approximate surface area is 224 Å². The summed E-state index contributed by atoms with van der Waals surface area (Å²) in [6.07, 6.45) is 7.85. The first-order chi connectivity index (χ1) is 18.4. The molecule has 5 rings (SSSR count). The highest BCUT2D eigenvalue weighted by atomic mass is 16.5. The zero-order chi connectivity index (χ0) is 26.6. The van der Waals surface area contributed by atoms with Gasteiger partial charge < -0.3 is 25.7 Å². The number of aryl methyl sites for hydroxylation is 1. The molecule has 8 nitrogen and oxygen atoms in total. The molecular weight excluding hydrogens is 478 g/mol. The summed E-state index contributed by atoms with van der Waals surface area (Å²) in [5.41, 5.74) is 5.84. The lowest BCUT2D eigenvalue weighted by atomic mass is 9.91. The minimum atomic E-state index is -0.605. The third-order valence-corrected chi connectivity index (χ3v) is 8.05. The average molecular weight is 516 g/mol. The Morgan fingerprint density at radius 2 is 1.76 bits per heavy atom. The van der Waals surface area contributed by atoms with Crippen molar-refractivity contribution in [2.24, 2.45) is 5.92 Å². The fourth-order valence-corrected chi connectivity index (χ4v) is 5.94. The number of amides is 2. The second-order valence-corrected chi connectivity index (χ2v) is 10.6. The van der Waals surface area contributed by atoms with E-state index in [1.54, 1.807) is 0 Å². The molecule has 1 atom stereocenters. The zero-order valence-corrected chi connectivity index (χ0v) is 22.3. The molecule has 1 fully saturated rings. The van der Waals surface area contributed by atoms with E-state index >= 15 is 0 Å². The number of pyridine rings is 1. The minimum Gasteiger partial charge on any atom is -0.618 e. The van der Waals surface area contributed by atoms with Crippen LogP contribution < -0.4 is 20.7 Å². The van der Waals surface area contributed by atoms with Gasteiger partial charge in [-0.1, -0.05) is 37.8 Å². The monoisotopic (exact) mass is 515 g/mol. The predicted molar refractivity (Wildman–Crippen MR) is 148 cm³/mol. The summed E-state index contributed by atoms with van der Waals surface area (Å²) < 4.78 is 2.92. The summed E-state index contributed by atoms with van der Waals surface area (Å²) in [5.74, 6) is -0.284. The van der Waals surface area contributed by atoms with Crippen molar-refractivity contribution in [2.45, 2.75) is 71.5 Å². The molecular formula is C30H37N5O3. The Morgan fingerprint density at radius 3 is 2.50 bits per heavy atom. The lowest BCUT2D eigenvalue weighted by Gasteiger charge is -2.27. The van der Waals surface area contributed by atoms with Crippen molar-refractivity contribution in [1.82, 2.24) is 15.2 Å². The van der Waals surface area contributed by atoms with Crippen molar-refractivity contribution in [3.05, 3.63) is 76.5 Å². The van der Waals surface area contributed by atoms with E-state index in [4.69, 9.17) is 0 Å². The lowest BCUT2D eigenvalue weighted by Crippen LogP contribution is -2.49. The molecule has 2 amide bonds. The van der Waals surface area contributed by atoms with Gasteiger partial charge in [0.1, 0.15) is 11.7 Å². The molecule has 0 bridgehead atoms. The van der Waals surface area contributed by atoms with Crippen LogP contribution in [-0.4, -0.2) is 29.0 Å². The van der Waals surface area contributed by atoms with E-state index < -0.39 is 6.04 Å². The smallest absolute Gasteiger partial charge is 0.268 e. The van der Waals surface area contributed by atoms with Crippen LogP contribution >= 0.6 is 0 Å². The van der Waals surface area contributed by atoms with Crippen molar-refractivity contribution in [2.75, 3.05) is 11.9 Å². The number of anilines is 1. The molecule has 3 heterocycles. The van der Waals surface area contributed by atoms with E-state index in [1.807, 2.05) is 60.9 Å². The van der Waals surface area contributed by atoms with Crippen molar-refractivity contribution in [1.29, 1.82) is 0 Å². The molecule has 0 radical (unpaired) electrons. The van der Waals surface area contributed by atoms with E-state index in [2.05, 4.69) is 16.0 Å². The molecule has 38 heavy (non-hydrogen) atoms. The maximum Gasteiger partial charge on any atom is 0.268 e. The molecule has 200 valence electrons. The number of hydrogen-bond donors (Lipinski definition) is 3. The number of rotatable bonds is 6. The van der Waals surface area contributed by atoms with Crippen LogP contribution in [0.3, 0.4) is 0 Å². The van der Waals surface area contributed by atoms with Gasteiger partial charge in [-0.2, -0.15) is 4.73 Å². The number of carbonyl (C=O) groups excluding carboxylic acids is 2. The highest BCUT2D eigenvalue weighted by Gasteiger charge is 2.32. The van der Waals surface area contributed by atoms with Gasteiger partial charge >= 0.3 is 0 Å². The fraction of sp³-hybridized carbons (Fsp3) is 0.433. The molecule has 8 heteroatoms. The molecule has 0 spiro atoms. The molecule has 0 saturated heterocycles. The quantitative estimate of drug-likeness (QED) is 0.260. The van der Waals surface area contributed by atoms with E-state index in [9.17, 15) is 14.8 Å². The summed E-state index contributed by atoms with van der Waals surface area (Å²) in [6.45, 7) is 6.10. The first kappa shape index (κ1) is 26.0. The van der Waals surface area contributed by atoms with Crippen molar-refractivity contribution < 1.29 is 14.3 Å². The summed E-state index contributed by atoms with van der Waals surface area (Å²) >= 11 is 0. The van der Waals surface area contributed by atoms with Gasteiger partial charge in [0.15, 0.2) is 11.9 Å². The number of fused-ring (bicyclic) bond motifs is 1.